The lowest BCUT2D eigenvalue weighted by atomic mass is 10.1. The second-order valence-electron chi connectivity index (χ2n) is 5.65. The van der Waals surface area contributed by atoms with Crippen LogP contribution in [-0.4, -0.2) is 46.9 Å². The molecule has 6 nitrogen and oxygen atoms in total. The van der Waals surface area contributed by atoms with Crippen molar-refractivity contribution in [2.45, 2.75) is 38.6 Å². The van der Waals surface area contributed by atoms with Crippen LogP contribution in [0.15, 0.2) is 0 Å². The maximum absolute atomic E-state index is 11.9. The molecule has 2 fully saturated rings. The first kappa shape index (κ1) is 13.8. The highest BCUT2D eigenvalue weighted by Crippen LogP contribution is 2.31. The number of carboxylic acid groups (broad SMARTS) is 1. The second-order valence-corrected chi connectivity index (χ2v) is 5.65. The summed E-state index contributed by atoms with van der Waals surface area (Å²) in [6.07, 6.45) is 2.50. The SMILES string of the molecule is CC(CC(=O)O)NC(=O)C1CC(=O)N(CC2CC2)C1. The van der Waals surface area contributed by atoms with Gasteiger partial charge in [0.1, 0.15) is 0 Å². The molecule has 19 heavy (non-hydrogen) atoms. The molecule has 2 aliphatic rings. The molecule has 0 spiro atoms. The van der Waals surface area contributed by atoms with Crippen LogP contribution in [0.4, 0.5) is 0 Å². The molecular weight excluding hydrogens is 248 g/mol. The maximum atomic E-state index is 11.9. The lowest BCUT2D eigenvalue weighted by Crippen LogP contribution is -2.39. The smallest absolute Gasteiger partial charge is 0.305 e. The molecule has 106 valence electrons. The minimum absolute atomic E-state index is 0.0398. The summed E-state index contributed by atoms with van der Waals surface area (Å²) in [7, 11) is 0. The summed E-state index contributed by atoms with van der Waals surface area (Å²) in [6.45, 7) is 2.90. The normalized spacial score (nSPS) is 24.4. The quantitative estimate of drug-likeness (QED) is 0.721. The van der Waals surface area contributed by atoms with Crippen molar-refractivity contribution in [3.05, 3.63) is 0 Å². The maximum Gasteiger partial charge on any atom is 0.305 e. The van der Waals surface area contributed by atoms with Crippen LogP contribution in [0.25, 0.3) is 0 Å². The number of carbonyl (C=O) groups is 3. The van der Waals surface area contributed by atoms with Gasteiger partial charge in [0, 0.05) is 25.6 Å². The zero-order valence-corrected chi connectivity index (χ0v) is 11.1. The predicted octanol–water partition coefficient (Wildman–Crippen LogP) is 0.224. The fraction of sp³-hybridized carbons (Fsp3) is 0.769. The van der Waals surface area contributed by atoms with E-state index in [1.807, 2.05) is 0 Å². The Morgan fingerprint density at radius 3 is 2.74 bits per heavy atom. The second kappa shape index (κ2) is 5.59. The van der Waals surface area contributed by atoms with Gasteiger partial charge in [0.15, 0.2) is 0 Å². The van der Waals surface area contributed by atoms with Crippen LogP contribution in [0.2, 0.25) is 0 Å². The summed E-state index contributed by atoms with van der Waals surface area (Å²) in [5.74, 6) is -0.816. The molecule has 2 rings (SSSR count). The molecule has 1 aliphatic heterocycles. The van der Waals surface area contributed by atoms with Crippen molar-refractivity contribution in [2.75, 3.05) is 13.1 Å². The molecule has 2 unspecified atom stereocenters. The van der Waals surface area contributed by atoms with Crippen LogP contribution in [-0.2, 0) is 14.4 Å². The first-order valence-corrected chi connectivity index (χ1v) is 6.75. The van der Waals surface area contributed by atoms with Crippen LogP contribution in [0.3, 0.4) is 0 Å². The summed E-state index contributed by atoms with van der Waals surface area (Å²) in [5, 5.41) is 11.3. The Kier molecular flexibility index (Phi) is 4.07. The van der Waals surface area contributed by atoms with Crippen LogP contribution in [0.5, 0.6) is 0 Å². The number of hydrogen-bond donors (Lipinski definition) is 2. The number of nitrogens with zero attached hydrogens (tertiary/aromatic N) is 1. The zero-order chi connectivity index (χ0) is 14.0. The Balaban J connectivity index is 1.79. The van der Waals surface area contributed by atoms with E-state index in [0.29, 0.717) is 12.5 Å². The Labute approximate surface area is 112 Å². The number of carboxylic acids is 1. The van der Waals surface area contributed by atoms with Crippen molar-refractivity contribution in [3.63, 3.8) is 0 Å². The number of rotatable bonds is 6. The van der Waals surface area contributed by atoms with Crippen LogP contribution >= 0.6 is 0 Å². The van der Waals surface area contributed by atoms with E-state index in [0.717, 1.165) is 6.54 Å². The topological polar surface area (TPSA) is 86.7 Å². The zero-order valence-electron chi connectivity index (χ0n) is 11.1. The van der Waals surface area contributed by atoms with Gasteiger partial charge >= 0.3 is 5.97 Å². The molecule has 6 heteroatoms. The molecule has 1 aliphatic carbocycles. The molecule has 0 aromatic carbocycles. The van der Waals surface area contributed by atoms with Crippen molar-refractivity contribution in [1.82, 2.24) is 10.2 Å². The molecule has 0 bridgehead atoms. The van der Waals surface area contributed by atoms with Crippen molar-refractivity contribution in [1.29, 1.82) is 0 Å². The van der Waals surface area contributed by atoms with Crippen molar-refractivity contribution in [3.8, 4) is 0 Å². The molecule has 2 amide bonds. The fourth-order valence-electron chi connectivity index (χ4n) is 2.41. The summed E-state index contributed by atoms with van der Waals surface area (Å²) in [4.78, 5) is 36.0. The molecule has 2 atom stereocenters. The molecule has 1 heterocycles. The predicted molar refractivity (Wildman–Crippen MR) is 67.3 cm³/mol. The van der Waals surface area contributed by atoms with Gasteiger partial charge < -0.3 is 15.3 Å². The number of likely N-dealkylation sites (tertiary alicyclic amines) is 1. The van der Waals surface area contributed by atoms with Gasteiger partial charge in [0.2, 0.25) is 11.8 Å². The molecular formula is C13H20N2O4. The molecule has 0 aromatic rings. The van der Waals surface area contributed by atoms with Gasteiger partial charge in [0.25, 0.3) is 0 Å². The van der Waals surface area contributed by atoms with Gasteiger partial charge in [-0.15, -0.1) is 0 Å². The Morgan fingerprint density at radius 1 is 1.47 bits per heavy atom. The summed E-state index contributed by atoms with van der Waals surface area (Å²) in [5.41, 5.74) is 0. The molecule has 0 aromatic heterocycles. The van der Waals surface area contributed by atoms with E-state index in [2.05, 4.69) is 5.32 Å². The van der Waals surface area contributed by atoms with E-state index in [1.165, 1.54) is 12.8 Å². The molecule has 1 saturated heterocycles. The Hall–Kier alpha value is -1.59. The van der Waals surface area contributed by atoms with E-state index < -0.39 is 12.0 Å². The summed E-state index contributed by atoms with van der Waals surface area (Å²) in [6, 6.07) is -0.405. The third-order valence-corrected chi connectivity index (χ3v) is 3.63. The van der Waals surface area contributed by atoms with Crippen LogP contribution < -0.4 is 5.32 Å². The third kappa shape index (κ3) is 3.94. The first-order chi connectivity index (χ1) is 8.95. The van der Waals surface area contributed by atoms with Crippen molar-refractivity contribution in [2.24, 2.45) is 11.8 Å². The highest BCUT2D eigenvalue weighted by atomic mass is 16.4. The summed E-state index contributed by atoms with van der Waals surface area (Å²) < 4.78 is 0. The standard InChI is InChI=1S/C13H20N2O4/c1-8(4-12(17)18)14-13(19)10-5-11(16)15(7-10)6-9-2-3-9/h8-10H,2-7H2,1H3,(H,14,19)(H,17,18). The number of carbonyl (C=O) groups excluding carboxylic acids is 2. The van der Waals surface area contributed by atoms with E-state index >= 15 is 0 Å². The minimum Gasteiger partial charge on any atom is -0.481 e. The highest BCUT2D eigenvalue weighted by molar-refractivity contribution is 5.89. The van der Waals surface area contributed by atoms with Gasteiger partial charge in [-0.2, -0.15) is 0 Å². The minimum atomic E-state index is -0.939. The molecule has 2 N–H and O–H groups in total. The van der Waals surface area contributed by atoms with E-state index in [-0.39, 0.29) is 30.6 Å². The number of nitrogens with one attached hydrogen (secondary N) is 1. The fourth-order valence-corrected chi connectivity index (χ4v) is 2.41. The third-order valence-electron chi connectivity index (χ3n) is 3.63. The molecule has 0 radical (unpaired) electrons. The lowest BCUT2D eigenvalue weighted by molar-refractivity contribution is -0.137. The number of aliphatic carboxylic acids is 1. The number of hydrogen-bond acceptors (Lipinski definition) is 3. The lowest BCUT2D eigenvalue weighted by Gasteiger charge is -2.17. The number of amides is 2. The molecule has 1 saturated carbocycles. The van der Waals surface area contributed by atoms with Crippen LogP contribution in [0.1, 0.15) is 32.6 Å². The Morgan fingerprint density at radius 2 is 2.16 bits per heavy atom. The van der Waals surface area contributed by atoms with Crippen molar-refractivity contribution >= 4 is 17.8 Å². The van der Waals surface area contributed by atoms with Gasteiger partial charge in [0.05, 0.1) is 12.3 Å². The van der Waals surface area contributed by atoms with E-state index in [9.17, 15) is 14.4 Å². The largest absolute Gasteiger partial charge is 0.481 e. The van der Waals surface area contributed by atoms with Gasteiger partial charge in [-0.25, -0.2) is 0 Å². The Bertz CT molecular complexity index is 392. The average molecular weight is 268 g/mol. The highest BCUT2D eigenvalue weighted by Gasteiger charge is 2.37. The average Bonchev–Trinajstić information content (AvgIpc) is 3.02. The summed E-state index contributed by atoms with van der Waals surface area (Å²) >= 11 is 0. The van der Waals surface area contributed by atoms with E-state index in [4.69, 9.17) is 5.11 Å². The van der Waals surface area contributed by atoms with Gasteiger partial charge in [-0.05, 0) is 25.7 Å². The monoisotopic (exact) mass is 268 g/mol. The van der Waals surface area contributed by atoms with E-state index in [1.54, 1.807) is 11.8 Å². The van der Waals surface area contributed by atoms with Gasteiger partial charge in [-0.1, -0.05) is 0 Å². The first-order valence-electron chi connectivity index (χ1n) is 6.75. The van der Waals surface area contributed by atoms with Crippen LogP contribution in [0, 0.1) is 11.8 Å². The van der Waals surface area contributed by atoms with Gasteiger partial charge in [-0.3, -0.25) is 14.4 Å². The van der Waals surface area contributed by atoms with Crippen molar-refractivity contribution < 1.29 is 19.5 Å².